The molecule has 132 valence electrons. The summed E-state index contributed by atoms with van der Waals surface area (Å²) < 4.78 is 0. The maximum Gasteiger partial charge on any atom is 0.190 e. The molecule has 1 aliphatic carbocycles. The van der Waals surface area contributed by atoms with Gasteiger partial charge in [-0.25, -0.2) is 0 Å². The molecule has 1 saturated heterocycles. The van der Waals surface area contributed by atoms with Crippen LogP contribution in [-0.4, -0.2) is 50.1 Å². The Labute approximate surface area is 142 Å². The summed E-state index contributed by atoms with van der Waals surface area (Å²) in [5, 5.41) is 7.00. The van der Waals surface area contributed by atoms with Crippen LogP contribution in [0.25, 0.3) is 0 Å². The fourth-order valence-electron chi connectivity index (χ4n) is 3.67. The van der Waals surface area contributed by atoms with E-state index >= 15 is 0 Å². The van der Waals surface area contributed by atoms with Crippen LogP contribution in [-0.2, 0) is 0 Å². The lowest BCUT2D eigenvalue weighted by atomic mass is 9.97. The molecule has 23 heavy (non-hydrogen) atoms. The lowest BCUT2D eigenvalue weighted by Crippen LogP contribution is -2.46. The van der Waals surface area contributed by atoms with E-state index in [1.807, 2.05) is 7.05 Å². The monoisotopic (exact) mass is 320 g/mol. The van der Waals surface area contributed by atoms with Crippen LogP contribution in [0.4, 0.5) is 0 Å². The smallest absolute Gasteiger partial charge is 0.190 e. The van der Waals surface area contributed by atoms with Crippen molar-refractivity contribution in [3.8, 4) is 0 Å². The van der Waals surface area contributed by atoms with Gasteiger partial charge in [0, 0.05) is 32.7 Å². The van der Waals surface area contributed by atoms with Crippen LogP contribution in [0.15, 0.2) is 16.6 Å². The quantitative estimate of drug-likeness (QED) is 0.449. The Bertz CT molecular complexity index is 400. The van der Waals surface area contributed by atoms with Gasteiger partial charge in [-0.15, -0.1) is 0 Å². The fourth-order valence-corrected chi connectivity index (χ4v) is 3.67. The van der Waals surface area contributed by atoms with Crippen molar-refractivity contribution >= 4 is 5.96 Å². The van der Waals surface area contributed by atoms with Crippen molar-refractivity contribution in [2.24, 2.45) is 10.9 Å². The minimum Gasteiger partial charge on any atom is -0.356 e. The van der Waals surface area contributed by atoms with Crippen LogP contribution >= 0.6 is 0 Å². The fraction of sp³-hybridized carbons (Fsp3) is 0.842. The van der Waals surface area contributed by atoms with Gasteiger partial charge in [0.25, 0.3) is 0 Å². The maximum atomic E-state index is 4.37. The second-order valence-corrected chi connectivity index (χ2v) is 7.33. The third-order valence-corrected chi connectivity index (χ3v) is 5.19. The van der Waals surface area contributed by atoms with Crippen molar-refractivity contribution < 1.29 is 0 Å². The molecule has 0 bridgehead atoms. The average Bonchev–Trinajstić information content (AvgIpc) is 2.59. The Morgan fingerprint density at radius 1 is 1.30 bits per heavy atom. The SMILES string of the molecule is CN=C(NCCC1=CCCCC1)NCC1CCCN(C(C)C)C1. The van der Waals surface area contributed by atoms with E-state index in [1.54, 1.807) is 5.57 Å². The Kier molecular flexibility index (Phi) is 7.93. The van der Waals surface area contributed by atoms with E-state index in [4.69, 9.17) is 0 Å². The van der Waals surface area contributed by atoms with E-state index in [0.717, 1.165) is 31.4 Å². The molecule has 0 radical (unpaired) electrons. The van der Waals surface area contributed by atoms with Crippen LogP contribution in [0.3, 0.4) is 0 Å². The van der Waals surface area contributed by atoms with Gasteiger partial charge in [0.1, 0.15) is 0 Å². The molecule has 0 aromatic rings. The summed E-state index contributed by atoms with van der Waals surface area (Å²) in [6.45, 7) is 9.11. The van der Waals surface area contributed by atoms with Crippen molar-refractivity contribution in [2.75, 3.05) is 33.2 Å². The molecule has 0 aromatic heterocycles. The average molecular weight is 321 g/mol. The summed E-state index contributed by atoms with van der Waals surface area (Å²) in [6.07, 6.45) is 11.6. The van der Waals surface area contributed by atoms with Crippen LogP contribution in [0.5, 0.6) is 0 Å². The molecule has 1 heterocycles. The van der Waals surface area contributed by atoms with Crippen LogP contribution in [0.1, 0.15) is 58.8 Å². The number of rotatable bonds is 6. The Morgan fingerprint density at radius 2 is 2.17 bits per heavy atom. The number of hydrogen-bond acceptors (Lipinski definition) is 2. The first kappa shape index (κ1) is 18.3. The molecule has 1 unspecified atom stereocenters. The molecule has 2 rings (SSSR count). The van der Waals surface area contributed by atoms with Gasteiger partial charge in [-0.05, 0) is 71.3 Å². The zero-order valence-corrected chi connectivity index (χ0v) is 15.4. The minimum atomic E-state index is 0.666. The molecule has 1 fully saturated rings. The third-order valence-electron chi connectivity index (χ3n) is 5.19. The van der Waals surface area contributed by atoms with Gasteiger partial charge in [0.15, 0.2) is 5.96 Å². The van der Waals surface area contributed by atoms with E-state index < -0.39 is 0 Å². The molecule has 0 spiro atoms. The molecule has 0 amide bonds. The highest BCUT2D eigenvalue weighted by Crippen LogP contribution is 2.19. The standard InChI is InChI=1S/C19H36N4/c1-16(2)23-13-7-10-18(15-23)14-22-19(20-3)21-12-11-17-8-5-4-6-9-17/h8,16,18H,4-7,9-15H2,1-3H3,(H2,20,21,22). The second kappa shape index (κ2) is 9.96. The molecule has 4 nitrogen and oxygen atoms in total. The highest BCUT2D eigenvalue weighted by Gasteiger charge is 2.21. The van der Waals surface area contributed by atoms with Crippen molar-refractivity contribution in [3.63, 3.8) is 0 Å². The lowest BCUT2D eigenvalue weighted by molar-refractivity contribution is 0.141. The zero-order valence-electron chi connectivity index (χ0n) is 15.4. The first-order chi connectivity index (χ1) is 11.2. The predicted molar refractivity (Wildman–Crippen MR) is 100.0 cm³/mol. The number of piperidine rings is 1. The van der Waals surface area contributed by atoms with Crippen molar-refractivity contribution in [1.82, 2.24) is 15.5 Å². The molecule has 2 N–H and O–H groups in total. The van der Waals surface area contributed by atoms with Crippen LogP contribution < -0.4 is 10.6 Å². The normalized spacial score (nSPS) is 23.7. The van der Waals surface area contributed by atoms with Crippen LogP contribution in [0.2, 0.25) is 0 Å². The number of nitrogens with zero attached hydrogens (tertiary/aromatic N) is 2. The molecule has 0 aromatic carbocycles. The summed E-state index contributed by atoms with van der Waals surface area (Å²) >= 11 is 0. The van der Waals surface area contributed by atoms with Crippen LogP contribution in [0, 0.1) is 5.92 Å². The number of guanidine groups is 1. The van der Waals surface area contributed by atoms with Gasteiger partial charge < -0.3 is 15.5 Å². The summed E-state index contributed by atoms with van der Waals surface area (Å²) in [5.41, 5.74) is 1.62. The van der Waals surface area contributed by atoms with Gasteiger partial charge in [0.05, 0.1) is 0 Å². The van der Waals surface area contributed by atoms with Gasteiger partial charge in [0.2, 0.25) is 0 Å². The summed E-state index contributed by atoms with van der Waals surface area (Å²) in [5.74, 6) is 1.70. The molecular weight excluding hydrogens is 284 g/mol. The Morgan fingerprint density at radius 3 is 2.87 bits per heavy atom. The molecule has 4 heteroatoms. The van der Waals surface area contributed by atoms with Gasteiger partial charge in [-0.3, -0.25) is 4.99 Å². The number of nitrogens with one attached hydrogen (secondary N) is 2. The second-order valence-electron chi connectivity index (χ2n) is 7.33. The first-order valence-corrected chi connectivity index (χ1v) is 9.55. The molecule has 1 atom stereocenters. The lowest BCUT2D eigenvalue weighted by Gasteiger charge is -2.35. The topological polar surface area (TPSA) is 39.7 Å². The number of hydrogen-bond donors (Lipinski definition) is 2. The van der Waals surface area contributed by atoms with E-state index in [-0.39, 0.29) is 0 Å². The molecule has 0 saturated carbocycles. The van der Waals surface area contributed by atoms with Crippen molar-refractivity contribution in [2.45, 2.75) is 64.8 Å². The van der Waals surface area contributed by atoms with Gasteiger partial charge in [-0.2, -0.15) is 0 Å². The summed E-state index contributed by atoms with van der Waals surface area (Å²) in [6, 6.07) is 0.666. The molecular formula is C19H36N4. The Hall–Kier alpha value is -1.03. The summed E-state index contributed by atoms with van der Waals surface area (Å²) in [4.78, 5) is 6.97. The van der Waals surface area contributed by atoms with E-state index in [2.05, 4.69) is 40.4 Å². The van der Waals surface area contributed by atoms with Crippen molar-refractivity contribution in [1.29, 1.82) is 0 Å². The molecule has 2 aliphatic rings. The number of likely N-dealkylation sites (tertiary alicyclic amines) is 1. The zero-order chi connectivity index (χ0) is 16.5. The third kappa shape index (κ3) is 6.54. The van der Waals surface area contributed by atoms with E-state index in [9.17, 15) is 0 Å². The number of aliphatic imine (C=N–C) groups is 1. The number of allylic oxidation sites excluding steroid dienone is 1. The van der Waals surface area contributed by atoms with Gasteiger partial charge >= 0.3 is 0 Å². The Balaban J connectivity index is 1.65. The summed E-state index contributed by atoms with van der Waals surface area (Å²) in [7, 11) is 1.87. The van der Waals surface area contributed by atoms with Crippen molar-refractivity contribution in [3.05, 3.63) is 11.6 Å². The predicted octanol–water partition coefficient (Wildman–Crippen LogP) is 3.16. The maximum absolute atomic E-state index is 4.37. The minimum absolute atomic E-state index is 0.666. The molecule has 1 aliphatic heterocycles. The first-order valence-electron chi connectivity index (χ1n) is 9.55. The van der Waals surface area contributed by atoms with Gasteiger partial charge in [-0.1, -0.05) is 11.6 Å². The highest BCUT2D eigenvalue weighted by molar-refractivity contribution is 5.79. The highest BCUT2D eigenvalue weighted by atomic mass is 15.2. The largest absolute Gasteiger partial charge is 0.356 e. The van der Waals surface area contributed by atoms with E-state index in [0.29, 0.717) is 6.04 Å². The van der Waals surface area contributed by atoms with E-state index in [1.165, 1.54) is 51.6 Å².